The molecule has 0 saturated heterocycles. The Bertz CT molecular complexity index is 559. The molecule has 0 aliphatic heterocycles. The molecular formula is C12H17ClN4. The predicted molar refractivity (Wildman–Crippen MR) is 68.5 cm³/mol. The molecule has 2 aromatic heterocycles. The third-order valence-corrected chi connectivity index (χ3v) is 3.83. The second-order valence-corrected chi connectivity index (χ2v) is 5.23. The highest BCUT2D eigenvalue weighted by molar-refractivity contribution is 6.30. The number of fused-ring (bicyclic) bond motifs is 1. The van der Waals surface area contributed by atoms with Crippen LogP contribution in [-0.4, -0.2) is 19.8 Å². The number of hydrogen-bond donors (Lipinski definition) is 0. The maximum absolute atomic E-state index is 6.12. The summed E-state index contributed by atoms with van der Waals surface area (Å²) < 4.78 is 1.77. The molecule has 0 spiro atoms. The van der Waals surface area contributed by atoms with Gasteiger partial charge in [0.05, 0.1) is 0 Å². The van der Waals surface area contributed by atoms with Crippen LogP contribution in [0.4, 0.5) is 0 Å². The van der Waals surface area contributed by atoms with Gasteiger partial charge in [-0.3, -0.25) is 0 Å². The maximum atomic E-state index is 6.12. The van der Waals surface area contributed by atoms with E-state index in [1.54, 1.807) is 4.52 Å². The smallest absolute Gasteiger partial charge is 0.181 e. The molecule has 2 aromatic rings. The fourth-order valence-corrected chi connectivity index (χ4v) is 1.91. The first-order valence-corrected chi connectivity index (χ1v) is 6.19. The Morgan fingerprint density at radius 2 is 1.71 bits per heavy atom. The molecule has 0 aromatic carbocycles. The summed E-state index contributed by atoms with van der Waals surface area (Å²) in [6.07, 6.45) is 0. The third kappa shape index (κ3) is 1.90. The topological polar surface area (TPSA) is 43.1 Å². The summed E-state index contributed by atoms with van der Waals surface area (Å²) >= 11 is 6.12. The van der Waals surface area contributed by atoms with Crippen molar-refractivity contribution in [1.82, 2.24) is 19.8 Å². The zero-order valence-electron chi connectivity index (χ0n) is 10.8. The molecule has 0 aliphatic carbocycles. The Hall–Kier alpha value is -1.16. The summed E-state index contributed by atoms with van der Waals surface area (Å²) in [6, 6.07) is 0. The average molecular weight is 253 g/mol. The zero-order valence-corrected chi connectivity index (χ0v) is 11.6. The fraction of sp³-hybridized carbons (Fsp3) is 0.583. The van der Waals surface area contributed by atoms with Gasteiger partial charge in [-0.25, -0.2) is 0 Å². The molecule has 4 nitrogen and oxygen atoms in total. The molecule has 0 saturated carbocycles. The van der Waals surface area contributed by atoms with Gasteiger partial charge < -0.3 is 0 Å². The van der Waals surface area contributed by atoms with Crippen molar-refractivity contribution in [2.45, 2.75) is 40.5 Å². The van der Waals surface area contributed by atoms with Crippen molar-refractivity contribution in [2.75, 3.05) is 0 Å². The van der Waals surface area contributed by atoms with Gasteiger partial charge in [0.1, 0.15) is 0 Å². The van der Waals surface area contributed by atoms with Crippen molar-refractivity contribution in [3.63, 3.8) is 0 Å². The second kappa shape index (κ2) is 4.26. The summed E-state index contributed by atoms with van der Waals surface area (Å²) in [5.74, 6) is 1.67. The third-order valence-electron chi connectivity index (χ3n) is 3.47. The van der Waals surface area contributed by atoms with E-state index in [9.17, 15) is 0 Å². The largest absolute Gasteiger partial charge is 0.195 e. The van der Waals surface area contributed by atoms with E-state index in [1.165, 1.54) is 0 Å². The molecule has 2 heterocycles. The van der Waals surface area contributed by atoms with E-state index in [-0.39, 0.29) is 0 Å². The summed E-state index contributed by atoms with van der Waals surface area (Å²) in [5, 5.41) is 13.3. The van der Waals surface area contributed by atoms with Gasteiger partial charge in [-0.1, -0.05) is 32.4 Å². The van der Waals surface area contributed by atoms with Crippen molar-refractivity contribution >= 4 is 17.2 Å². The number of halogens is 1. The Balaban J connectivity index is 2.69. The Morgan fingerprint density at radius 1 is 1.06 bits per heavy atom. The van der Waals surface area contributed by atoms with E-state index in [0.717, 1.165) is 22.6 Å². The highest BCUT2D eigenvalue weighted by Gasteiger charge is 2.20. The predicted octanol–water partition coefficient (Wildman–Crippen LogP) is 3.15. The van der Waals surface area contributed by atoms with Crippen LogP contribution >= 0.6 is 11.6 Å². The van der Waals surface area contributed by atoms with Gasteiger partial charge in [0, 0.05) is 11.5 Å². The summed E-state index contributed by atoms with van der Waals surface area (Å²) in [6.45, 7) is 10.4. The van der Waals surface area contributed by atoms with Gasteiger partial charge >= 0.3 is 0 Å². The van der Waals surface area contributed by atoms with Gasteiger partial charge in [-0.05, 0) is 25.3 Å². The molecule has 0 amide bonds. The Morgan fingerprint density at radius 3 is 2.29 bits per heavy atom. The molecule has 0 radical (unpaired) electrons. The Labute approximate surface area is 106 Å². The lowest BCUT2D eigenvalue weighted by Gasteiger charge is -2.13. The fourth-order valence-electron chi connectivity index (χ4n) is 1.69. The van der Waals surface area contributed by atoms with E-state index in [1.807, 2.05) is 13.8 Å². The van der Waals surface area contributed by atoms with Crippen LogP contribution in [-0.2, 0) is 0 Å². The Kier molecular flexibility index (Phi) is 3.08. The summed E-state index contributed by atoms with van der Waals surface area (Å²) in [4.78, 5) is 0. The van der Waals surface area contributed by atoms with Crippen molar-refractivity contribution in [1.29, 1.82) is 0 Å². The highest BCUT2D eigenvalue weighted by Crippen LogP contribution is 2.25. The number of nitrogens with zero attached hydrogens (tertiary/aromatic N) is 4. The van der Waals surface area contributed by atoms with E-state index in [2.05, 4.69) is 36.1 Å². The van der Waals surface area contributed by atoms with Gasteiger partial charge in [-0.15, -0.1) is 10.2 Å². The lowest BCUT2D eigenvalue weighted by molar-refractivity contribution is 0.499. The van der Waals surface area contributed by atoms with E-state index < -0.39 is 0 Å². The molecule has 2 rings (SSSR count). The first-order chi connectivity index (χ1) is 7.93. The van der Waals surface area contributed by atoms with Crippen LogP contribution in [0.3, 0.4) is 0 Å². The molecule has 0 N–H and O–H groups in total. The normalized spacial score (nSPS) is 13.6. The van der Waals surface area contributed by atoms with Crippen LogP contribution in [0, 0.1) is 19.8 Å². The van der Waals surface area contributed by atoms with Crippen LogP contribution in [0.25, 0.3) is 5.65 Å². The SMILES string of the molecule is Cc1c(Cl)nn2c(C(C)C(C)C)nnc2c1C. The minimum atomic E-state index is 0.302. The lowest BCUT2D eigenvalue weighted by Crippen LogP contribution is -2.09. The minimum absolute atomic E-state index is 0.302. The monoisotopic (exact) mass is 252 g/mol. The zero-order chi connectivity index (χ0) is 12.7. The highest BCUT2D eigenvalue weighted by atomic mass is 35.5. The first kappa shape index (κ1) is 12.3. The van der Waals surface area contributed by atoms with Gasteiger partial charge in [-0.2, -0.15) is 9.61 Å². The van der Waals surface area contributed by atoms with Crippen LogP contribution in [0.2, 0.25) is 5.15 Å². The summed E-state index contributed by atoms with van der Waals surface area (Å²) in [7, 11) is 0. The molecule has 17 heavy (non-hydrogen) atoms. The van der Waals surface area contributed by atoms with E-state index in [0.29, 0.717) is 17.0 Å². The van der Waals surface area contributed by atoms with Gasteiger partial charge in [0.25, 0.3) is 0 Å². The number of hydrogen-bond acceptors (Lipinski definition) is 3. The van der Waals surface area contributed by atoms with Crippen molar-refractivity contribution in [2.24, 2.45) is 5.92 Å². The molecule has 1 unspecified atom stereocenters. The number of aryl methyl sites for hydroxylation is 1. The number of rotatable bonds is 2. The maximum Gasteiger partial charge on any atom is 0.181 e. The quantitative estimate of drug-likeness (QED) is 0.825. The molecule has 0 aliphatic rings. The van der Waals surface area contributed by atoms with Crippen LogP contribution in [0.1, 0.15) is 43.6 Å². The average Bonchev–Trinajstić information content (AvgIpc) is 2.68. The molecular weight excluding hydrogens is 236 g/mol. The molecule has 0 fully saturated rings. The van der Waals surface area contributed by atoms with Crippen LogP contribution in [0.5, 0.6) is 0 Å². The number of aromatic nitrogens is 4. The van der Waals surface area contributed by atoms with Crippen LogP contribution < -0.4 is 0 Å². The van der Waals surface area contributed by atoms with E-state index in [4.69, 9.17) is 11.6 Å². The minimum Gasteiger partial charge on any atom is -0.195 e. The summed E-state index contributed by atoms with van der Waals surface area (Å²) in [5.41, 5.74) is 2.81. The molecule has 1 atom stereocenters. The van der Waals surface area contributed by atoms with Gasteiger partial charge in [0.2, 0.25) is 0 Å². The molecule has 92 valence electrons. The van der Waals surface area contributed by atoms with Crippen LogP contribution in [0.15, 0.2) is 0 Å². The second-order valence-electron chi connectivity index (χ2n) is 4.87. The first-order valence-electron chi connectivity index (χ1n) is 5.81. The van der Waals surface area contributed by atoms with Crippen molar-refractivity contribution in [3.8, 4) is 0 Å². The van der Waals surface area contributed by atoms with Crippen molar-refractivity contribution in [3.05, 3.63) is 22.1 Å². The van der Waals surface area contributed by atoms with Crippen molar-refractivity contribution < 1.29 is 0 Å². The van der Waals surface area contributed by atoms with E-state index >= 15 is 0 Å². The standard InChI is InChI=1S/C12H17ClN4/c1-6(2)7(3)11-14-15-12-9(5)8(4)10(13)16-17(11)12/h6-7H,1-5H3. The lowest BCUT2D eigenvalue weighted by atomic mass is 9.97. The molecule has 0 bridgehead atoms. The molecule has 5 heteroatoms. The van der Waals surface area contributed by atoms with Gasteiger partial charge in [0.15, 0.2) is 16.6 Å².